The molecule has 17 heavy (non-hydrogen) atoms. The van der Waals surface area contributed by atoms with Gasteiger partial charge in [-0.1, -0.05) is 24.4 Å². The van der Waals surface area contributed by atoms with Gasteiger partial charge >= 0.3 is 0 Å². The first-order valence-corrected chi connectivity index (χ1v) is 6.11. The fraction of sp³-hybridized carbons (Fsp3) is 0.462. The summed E-state index contributed by atoms with van der Waals surface area (Å²) in [4.78, 5) is 0.471. The normalized spacial score (nSPS) is 16.1. The van der Waals surface area contributed by atoms with Crippen molar-refractivity contribution in [3.63, 3.8) is 0 Å². The Labute approximate surface area is 107 Å². The molecule has 2 N–H and O–H groups in total. The third-order valence-corrected chi connectivity index (χ3v) is 2.87. The van der Waals surface area contributed by atoms with E-state index in [1.807, 2.05) is 12.1 Å². The van der Waals surface area contributed by atoms with E-state index < -0.39 is 0 Å². The average Bonchev–Trinajstić information content (AvgIpc) is 2.52. The Hall–Kier alpha value is -1.29. The third kappa shape index (κ3) is 2.88. The van der Waals surface area contributed by atoms with Gasteiger partial charge in [-0.15, -0.1) is 0 Å². The lowest BCUT2D eigenvalue weighted by molar-refractivity contribution is 0.132. The Morgan fingerprint density at radius 3 is 3.00 bits per heavy atom. The Balaban J connectivity index is 2.10. The molecule has 0 spiro atoms. The monoisotopic (exact) mass is 251 g/mol. The summed E-state index contributed by atoms with van der Waals surface area (Å²) < 4.78 is 11.6. The van der Waals surface area contributed by atoms with Crippen molar-refractivity contribution < 1.29 is 9.47 Å². The van der Waals surface area contributed by atoms with Gasteiger partial charge < -0.3 is 15.2 Å². The lowest BCUT2D eigenvalue weighted by Gasteiger charge is -2.18. The minimum Gasteiger partial charge on any atom is -0.489 e. The van der Waals surface area contributed by atoms with E-state index in [0.717, 1.165) is 17.9 Å². The molecule has 1 aromatic carbocycles. The molecule has 3 nitrogen and oxygen atoms in total. The number of benzene rings is 1. The van der Waals surface area contributed by atoms with Crippen LogP contribution in [0.25, 0.3) is 0 Å². The van der Waals surface area contributed by atoms with Gasteiger partial charge in [0.2, 0.25) is 0 Å². The van der Waals surface area contributed by atoms with Gasteiger partial charge in [-0.05, 0) is 19.9 Å². The molecule has 0 unspecified atom stereocenters. The maximum Gasteiger partial charge on any atom is 0.165 e. The lowest BCUT2D eigenvalue weighted by atomic mass is 10.0. The molecule has 0 atom stereocenters. The summed E-state index contributed by atoms with van der Waals surface area (Å²) in [7, 11) is 0. The van der Waals surface area contributed by atoms with Crippen molar-refractivity contribution in [3.8, 4) is 11.5 Å². The molecule has 0 bridgehead atoms. The molecule has 0 saturated carbocycles. The van der Waals surface area contributed by atoms with Crippen LogP contribution in [-0.2, 0) is 6.42 Å². The molecule has 1 aromatic rings. The second-order valence-corrected chi connectivity index (χ2v) is 5.37. The fourth-order valence-corrected chi connectivity index (χ4v) is 2.05. The lowest BCUT2D eigenvalue weighted by Crippen LogP contribution is -2.24. The molecule has 1 heterocycles. The minimum absolute atomic E-state index is 0.148. The van der Waals surface area contributed by atoms with E-state index in [2.05, 4.69) is 19.9 Å². The van der Waals surface area contributed by atoms with E-state index in [1.165, 1.54) is 5.56 Å². The molecular weight excluding hydrogens is 234 g/mol. The van der Waals surface area contributed by atoms with Crippen LogP contribution in [0.3, 0.4) is 0 Å². The van der Waals surface area contributed by atoms with Crippen LogP contribution < -0.4 is 15.2 Å². The van der Waals surface area contributed by atoms with Crippen LogP contribution in [0.4, 0.5) is 0 Å². The predicted octanol–water partition coefficient (Wildman–Crippen LogP) is 2.46. The number of para-hydroxylation sites is 1. The van der Waals surface area contributed by atoms with Crippen molar-refractivity contribution >= 4 is 17.2 Å². The molecule has 92 valence electrons. The zero-order valence-electron chi connectivity index (χ0n) is 10.2. The molecule has 0 aromatic heterocycles. The SMILES string of the molecule is CC1(C)Cc2cccc(OCCC(N)=S)c2O1. The highest BCUT2D eigenvalue weighted by atomic mass is 32.1. The summed E-state index contributed by atoms with van der Waals surface area (Å²) in [5.41, 5.74) is 6.48. The van der Waals surface area contributed by atoms with Gasteiger partial charge in [0, 0.05) is 18.4 Å². The molecular formula is C13H17NO2S. The van der Waals surface area contributed by atoms with Crippen LogP contribution in [0.2, 0.25) is 0 Å². The number of ether oxygens (including phenoxy) is 2. The summed E-state index contributed by atoms with van der Waals surface area (Å²) in [5.74, 6) is 1.64. The number of hydrogen-bond acceptors (Lipinski definition) is 3. The van der Waals surface area contributed by atoms with Crippen molar-refractivity contribution in [1.29, 1.82) is 0 Å². The van der Waals surface area contributed by atoms with Crippen LogP contribution in [0.5, 0.6) is 11.5 Å². The van der Waals surface area contributed by atoms with E-state index >= 15 is 0 Å². The maximum absolute atomic E-state index is 5.89. The van der Waals surface area contributed by atoms with Gasteiger partial charge in [0.25, 0.3) is 0 Å². The standard InChI is InChI=1S/C13H17NO2S/c1-13(2)8-9-4-3-5-10(12(9)16-13)15-7-6-11(14)17/h3-5H,6-8H2,1-2H3,(H2,14,17). The van der Waals surface area contributed by atoms with Crippen LogP contribution in [-0.4, -0.2) is 17.2 Å². The minimum atomic E-state index is -0.148. The second-order valence-electron chi connectivity index (χ2n) is 4.85. The van der Waals surface area contributed by atoms with Crippen molar-refractivity contribution in [2.45, 2.75) is 32.3 Å². The van der Waals surface area contributed by atoms with E-state index in [9.17, 15) is 0 Å². The summed E-state index contributed by atoms with van der Waals surface area (Å²) in [6, 6.07) is 5.98. The Morgan fingerprint density at radius 2 is 2.29 bits per heavy atom. The van der Waals surface area contributed by atoms with E-state index in [4.69, 9.17) is 27.4 Å². The van der Waals surface area contributed by atoms with Gasteiger partial charge in [-0.2, -0.15) is 0 Å². The summed E-state index contributed by atoms with van der Waals surface area (Å²) in [5, 5.41) is 0. The van der Waals surface area contributed by atoms with Gasteiger partial charge in [0.15, 0.2) is 11.5 Å². The van der Waals surface area contributed by atoms with Gasteiger partial charge in [-0.3, -0.25) is 0 Å². The van der Waals surface area contributed by atoms with Crippen molar-refractivity contribution in [1.82, 2.24) is 0 Å². The molecule has 2 rings (SSSR count). The zero-order chi connectivity index (χ0) is 12.5. The highest BCUT2D eigenvalue weighted by Gasteiger charge is 2.32. The summed E-state index contributed by atoms with van der Waals surface area (Å²) >= 11 is 4.81. The predicted molar refractivity (Wildman–Crippen MR) is 71.8 cm³/mol. The van der Waals surface area contributed by atoms with Gasteiger partial charge in [0.1, 0.15) is 5.60 Å². The number of hydrogen-bond donors (Lipinski definition) is 1. The zero-order valence-corrected chi connectivity index (χ0v) is 11.0. The van der Waals surface area contributed by atoms with Crippen LogP contribution in [0.15, 0.2) is 18.2 Å². The third-order valence-electron chi connectivity index (χ3n) is 2.66. The molecule has 0 amide bonds. The summed E-state index contributed by atoms with van der Waals surface area (Å²) in [6.45, 7) is 4.65. The number of thiocarbonyl (C=S) groups is 1. The van der Waals surface area contributed by atoms with E-state index in [1.54, 1.807) is 0 Å². The Morgan fingerprint density at radius 1 is 1.53 bits per heavy atom. The fourth-order valence-electron chi connectivity index (χ4n) is 1.96. The van der Waals surface area contributed by atoms with E-state index in [0.29, 0.717) is 18.0 Å². The molecule has 0 radical (unpaired) electrons. The molecule has 1 aliphatic rings. The van der Waals surface area contributed by atoms with Gasteiger partial charge in [0.05, 0.1) is 11.6 Å². The van der Waals surface area contributed by atoms with Crippen LogP contribution in [0.1, 0.15) is 25.8 Å². The molecule has 4 heteroatoms. The molecule has 0 aliphatic carbocycles. The second kappa shape index (κ2) is 4.53. The number of fused-ring (bicyclic) bond motifs is 1. The van der Waals surface area contributed by atoms with Gasteiger partial charge in [-0.25, -0.2) is 0 Å². The van der Waals surface area contributed by atoms with Crippen molar-refractivity contribution in [2.24, 2.45) is 5.73 Å². The molecule has 0 fully saturated rings. The van der Waals surface area contributed by atoms with Crippen LogP contribution >= 0.6 is 12.2 Å². The topological polar surface area (TPSA) is 44.5 Å². The van der Waals surface area contributed by atoms with Crippen molar-refractivity contribution in [3.05, 3.63) is 23.8 Å². The quantitative estimate of drug-likeness (QED) is 0.835. The highest BCUT2D eigenvalue weighted by molar-refractivity contribution is 7.80. The van der Waals surface area contributed by atoms with Crippen molar-refractivity contribution in [2.75, 3.05) is 6.61 Å². The highest BCUT2D eigenvalue weighted by Crippen LogP contribution is 2.41. The Bertz CT molecular complexity index is 443. The summed E-state index contributed by atoms with van der Waals surface area (Å²) in [6.07, 6.45) is 1.50. The van der Waals surface area contributed by atoms with Crippen LogP contribution in [0, 0.1) is 0 Å². The average molecular weight is 251 g/mol. The first kappa shape index (κ1) is 12.2. The molecule has 0 saturated heterocycles. The smallest absolute Gasteiger partial charge is 0.165 e. The first-order chi connectivity index (χ1) is 7.98. The largest absolute Gasteiger partial charge is 0.489 e. The number of rotatable bonds is 4. The maximum atomic E-state index is 5.89. The molecule has 1 aliphatic heterocycles. The van der Waals surface area contributed by atoms with E-state index in [-0.39, 0.29) is 5.60 Å². The Kier molecular flexibility index (Phi) is 3.24. The first-order valence-electron chi connectivity index (χ1n) is 5.70. The number of nitrogens with two attached hydrogens (primary N) is 1.